The fourth-order valence-corrected chi connectivity index (χ4v) is 2.13. The van der Waals surface area contributed by atoms with E-state index in [1.807, 2.05) is 0 Å². The van der Waals surface area contributed by atoms with Crippen LogP contribution in [0.15, 0.2) is 24.4 Å². The third kappa shape index (κ3) is 6.04. The summed E-state index contributed by atoms with van der Waals surface area (Å²) in [5, 5.41) is 5.38. The number of ether oxygens (including phenoxy) is 1. The molecule has 12 heteroatoms. The van der Waals surface area contributed by atoms with E-state index in [0.717, 1.165) is 12.3 Å². The SMILES string of the molecule is COc1cc(N)c(Cl)cc1C(=O)NCCNc1nccc(C(F)(F)F)n1.Cl. The number of amides is 1. The van der Waals surface area contributed by atoms with Crippen LogP contribution < -0.4 is 21.1 Å². The number of rotatable bonds is 6. The summed E-state index contributed by atoms with van der Waals surface area (Å²) in [7, 11) is 1.38. The smallest absolute Gasteiger partial charge is 0.433 e. The number of nitrogens with zero attached hydrogens (tertiary/aromatic N) is 2. The molecule has 1 aromatic heterocycles. The second kappa shape index (κ2) is 9.47. The van der Waals surface area contributed by atoms with Crippen LogP contribution >= 0.6 is 24.0 Å². The maximum atomic E-state index is 12.6. The van der Waals surface area contributed by atoms with Crippen molar-refractivity contribution in [2.75, 3.05) is 31.2 Å². The number of hydrogen-bond acceptors (Lipinski definition) is 6. The Hall–Kier alpha value is -2.46. The first-order valence-corrected chi connectivity index (χ1v) is 7.65. The van der Waals surface area contributed by atoms with Crippen LogP contribution in [-0.2, 0) is 6.18 Å². The van der Waals surface area contributed by atoms with Gasteiger partial charge in [-0.25, -0.2) is 9.97 Å². The molecule has 0 aliphatic rings. The average molecular weight is 426 g/mol. The van der Waals surface area contributed by atoms with Crippen LogP contribution in [0.2, 0.25) is 5.02 Å². The summed E-state index contributed by atoms with van der Waals surface area (Å²) in [5.74, 6) is -0.420. The van der Waals surface area contributed by atoms with Gasteiger partial charge < -0.3 is 21.1 Å². The molecule has 0 saturated carbocycles. The van der Waals surface area contributed by atoms with Crippen LogP contribution in [0.5, 0.6) is 5.75 Å². The fourth-order valence-electron chi connectivity index (χ4n) is 1.96. The zero-order chi connectivity index (χ0) is 19.3. The molecule has 0 fully saturated rings. The van der Waals surface area contributed by atoms with Gasteiger partial charge in [-0.1, -0.05) is 11.6 Å². The number of halogens is 5. The number of nitrogens with one attached hydrogen (secondary N) is 2. The molecule has 0 unspecified atom stereocenters. The van der Waals surface area contributed by atoms with E-state index in [4.69, 9.17) is 22.1 Å². The zero-order valence-electron chi connectivity index (χ0n) is 13.9. The van der Waals surface area contributed by atoms with Gasteiger partial charge in [0.15, 0.2) is 0 Å². The molecule has 7 nitrogen and oxygen atoms in total. The second-order valence-electron chi connectivity index (χ2n) is 5.02. The van der Waals surface area contributed by atoms with Crippen molar-refractivity contribution in [1.29, 1.82) is 0 Å². The fraction of sp³-hybridized carbons (Fsp3) is 0.267. The summed E-state index contributed by atoms with van der Waals surface area (Å²) in [6.45, 7) is 0.210. The number of methoxy groups -OCH3 is 1. The lowest BCUT2D eigenvalue weighted by molar-refractivity contribution is -0.141. The number of nitrogens with two attached hydrogens (primary N) is 1. The molecule has 1 heterocycles. The molecule has 0 spiro atoms. The van der Waals surface area contributed by atoms with Gasteiger partial charge in [0.2, 0.25) is 5.95 Å². The maximum absolute atomic E-state index is 12.6. The molecule has 0 atom stereocenters. The highest BCUT2D eigenvalue weighted by molar-refractivity contribution is 6.33. The van der Waals surface area contributed by atoms with E-state index in [1.165, 1.54) is 19.2 Å². The van der Waals surface area contributed by atoms with Gasteiger partial charge in [-0.15, -0.1) is 12.4 Å². The zero-order valence-corrected chi connectivity index (χ0v) is 15.5. The number of aromatic nitrogens is 2. The van der Waals surface area contributed by atoms with E-state index >= 15 is 0 Å². The number of carbonyl (C=O) groups excluding carboxylic acids is 1. The predicted octanol–water partition coefficient (Wildman–Crippen LogP) is 3.00. The number of anilines is 2. The van der Waals surface area contributed by atoms with Gasteiger partial charge >= 0.3 is 6.18 Å². The van der Waals surface area contributed by atoms with Crippen LogP contribution in [0.3, 0.4) is 0 Å². The number of carbonyl (C=O) groups is 1. The van der Waals surface area contributed by atoms with E-state index in [2.05, 4.69) is 20.6 Å². The van der Waals surface area contributed by atoms with Gasteiger partial charge in [-0.05, 0) is 12.1 Å². The number of hydrogen-bond donors (Lipinski definition) is 3. The van der Waals surface area contributed by atoms with Gasteiger partial charge in [0, 0.05) is 25.4 Å². The summed E-state index contributed by atoms with van der Waals surface area (Å²) in [6.07, 6.45) is -3.56. The van der Waals surface area contributed by atoms with Crippen LogP contribution in [0.25, 0.3) is 0 Å². The molecule has 2 rings (SSSR count). The third-order valence-corrected chi connectivity index (χ3v) is 3.53. The lowest BCUT2D eigenvalue weighted by Gasteiger charge is -2.12. The van der Waals surface area contributed by atoms with Crippen molar-refractivity contribution in [3.8, 4) is 5.75 Å². The third-order valence-electron chi connectivity index (χ3n) is 3.20. The molecule has 0 aliphatic heterocycles. The quantitative estimate of drug-likeness (QED) is 0.485. The topological polar surface area (TPSA) is 102 Å². The summed E-state index contributed by atoms with van der Waals surface area (Å²) in [6, 6.07) is 3.56. The molecule has 4 N–H and O–H groups in total. The van der Waals surface area contributed by atoms with Crippen LogP contribution in [-0.4, -0.2) is 36.1 Å². The standard InChI is InChI=1S/C15H15ClF3N5O2.ClH/c1-26-11-7-10(20)9(16)6-8(11)13(25)21-4-5-23-14-22-3-2-12(24-14)15(17,18)19;/h2-3,6-7H,4-5,20H2,1H3,(H,21,25)(H,22,23,24);1H. The maximum Gasteiger partial charge on any atom is 0.433 e. The monoisotopic (exact) mass is 425 g/mol. The number of nitrogen functional groups attached to an aromatic ring is 1. The lowest BCUT2D eigenvalue weighted by atomic mass is 10.1. The molecule has 1 aromatic carbocycles. The van der Waals surface area contributed by atoms with E-state index in [0.29, 0.717) is 0 Å². The first-order valence-electron chi connectivity index (χ1n) is 7.27. The summed E-state index contributed by atoms with van der Waals surface area (Å²) in [4.78, 5) is 19.2. The van der Waals surface area contributed by atoms with Crippen molar-refractivity contribution in [1.82, 2.24) is 15.3 Å². The highest BCUT2D eigenvalue weighted by Gasteiger charge is 2.32. The Morgan fingerprint density at radius 3 is 2.67 bits per heavy atom. The minimum absolute atomic E-state index is 0. The van der Waals surface area contributed by atoms with Crippen molar-refractivity contribution < 1.29 is 22.7 Å². The molecular formula is C15H16Cl2F3N5O2. The highest BCUT2D eigenvalue weighted by Crippen LogP contribution is 2.29. The summed E-state index contributed by atoms with van der Waals surface area (Å²) >= 11 is 5.90. The van der Waals surface area contributed by atoms with E-state index < -0.39 is 17.8 Å². The van der Waals surface area contributed by atoms with E-state index in [9.17, 15) is 18.0 Å². The molecule has 0 bridgehead atoms. The normalized spacial score (nSPS) is 10.7. The van der Waals surface area contributed by atoms with Gasteiger partial charge in [-0.3, -0.25) is 4.79 Å². The van der Waals surface area contributed by atoms with Gasteiger partial charge in [0.05, 0.1) is 23.4 Å². The molecule has 148 valence electrons. The highest BCUT2D eigenvalue weighted by atomic mass is 35.5. The molecule has 0 saturated heterocycles. The van der Waals surface area contributed by atoms with Crippen LogP contribution in [0.4, 0.5) is 24.8 Å². The summed E-state index contributed by atoms with van der Waals surface area (Å²) < 4.78 is 42.8. The van der Waals surface area contributed by atoms with Gasteiger partial charge in [0.25, 0.3) is 5.91 Å². The Labute approximate surface area is 163 Å². The Morgan fingerprint density at radius 1 is 1.33 bits per heavy atom. The number of alkyl halides is 3. The summed E-state index contributed by atoms with van der Waals surface area (Å²) in [5.41, 5.74) is 5.04. The molecule has 27 heavy (non-hydrogen) atoms. The van der Waals surface area contributed by atoms with Crippen LogP contribution in [0, 0.1) is 0 Å². The van der Waals surface area contributed by atoms with Crippen LogP contribution in [0.1, 0.15) is 16.1 Å². The number of benzene rings is 1. The Balaban J connectivity index is 0.00000364. The van der Waals surface area contributed by atoms with Crippen molar-refractivity contribution in [2.24, 2.45) is 0 Å². The first-order chi connectivity index (χ1) is 12.2. The van der Waals surface area contributed by atoms with Crippen molar-refractivity contribution in [3.63, 3.8) is 0 Å². The minimum atomic E-state index is -4.56. The molecule has 1 amide bonds. The lowest BCUT2D eigenvalue weighted by Crippen LogP contribution is -2.29. The van der Waals surface area contributed by atoms with E-state index in [1.54, 1.807) is 0 Å². The van der Waals surface area contributed by atoms with Crippen molar-refractivity contribution in [3.05, 3.63) is 40.7 Å². The molecular weight excluding hydrogens is 410 g/mol. The van der Waals surface area contributed by atoms with E-state index in [-0.39, 0.29) is 53.5 Å². The van der Waals surface area contributed by atoms with Gasteiger partial charge in [-0.2, -0.15) is 13.2 Å². The molecule has 0 aliphatic carbocycles. The Bertz CT molecular complexity index is 806. The first kappa shape index (κ1) is 22.6. The van der Waals surface area contributed by atoms with Gasteiger partial charge in [0.1, 0.15) is 11.4 Å². The van der Waals surface area contributed by atoms with Crippen molar-refractivity contribution in [2.45, 2.75) is 6.18 Å². The average Bonchev–Trinajstić information content (AvgIpc) is 2.60. The second-order valence-corrected chi connectivity index (χ2v) is 5.43. The predicted molar refractivity (Wildman–Crippen MR) is 97.5 cm³/mol. The van der Waals surface area contributed by atoms with Crippen molar-refractivity contribution >= 4 is 41.6 Å². The molecule has 2 aromatic rings. The molecule has 0 radical (unpaired) electrons. The Kier molecular flexibility index (Phi) is 7.92. The Morgan fingerprint density at radius 2 is 2.04 bits per heavy atom. The minimum Gasteiger partial charge on any atom is -0.496 e. The largest absolute Gasteiger partial charge is 0.496 e.